The minimum atomic E-state index is -0.983. The second-order valence-electron chi connectivity index (χ2n) is 6.18. The molecule has 13 nitrogen and oxygen atoms in total. The lowest BCUT2D eigenvalue weighted by Crippen LogP contribution is -2.32. The van der Waals surface area contributed by atoms with Gasteiger partial charge in [0.25, 0.3) is 23.2 Å². The summed E-state index contributed by atoms with van der Waals surface area (Å²) in [6, 6.07) is 7.18. The molecule has 0 unspecified atom stereocenters. The van der Waals surface area contributed by atoms with E-state index in [9.17, 15) is 34.6 Å². The van der Waals surface area contributed by atoms with Crippen LogP contribution in [-0.2, 0) is 14.3 Å². The maximum atomic E-state index is 12.1. The third-order valence-electron chi connectivity index (χ3n) is 3.91. The van der Waals surface area contributed by atoms with E-state index in [1.54, 1.807) is 6.92 Å². The highest BCUT2D eigenvalue weighted by atomic mass is 35.5. The van der Waals surface area contributed by atoms with Crippen LogP contribution in [0.3, 0.4) is 0 Å². The summed E-state index contributed by atoms with van der Waals surface area (Å²) in [5, 5.41) is 26.4. The van der Waals surface area contributed by atoms with Gasteiger partial charge in [-0.1, -0.05) is 11.6 Å². The summed E-state index contributed by atoms with van der Waals surface area (Å²) < 4.78 is 9.89. The average molecular weight is 481 g/mol. The Morgan fingerprint density at radius 1 is 1.03 bits per heavy atom. The summed E-state index contributed by atoms with van der Waals surface area (Å²) in [6.45, 7) is 0.596. The van der Waals surface area contributed by atoms with Crippen LogP contribution in [-0.4, -0.2) is 47.4 Å². The first-order valence-corrected chi connectivity index (χ1v) is 9.59. The Bertz CT molecular complexity index is 1110. The molecule has 14 heteroatoms. The number of nitro groups is 2. The van der Waals surface area contributed by atoms with Gasteiger partial charge in [-0.05, 0) is 31.2 Å². The van der Waals surface area contributed by atoms with Gasteiger partial charge in [-0.25, -0.2) is 0 Å². The van der Waals surface area contributed by atoms with Gasteiger partial charge in [-0.3, -0.25) is 34.6 Å². The molecule has 33 heavy (non-hydrogen) atoms. The number of halogens is 1. The zero-order valence-corrected chi connectivity index (χ0v) is 17.8. The molecule has 174 valence electrons. The second kappa shape index (κ2) is 11.4. The number of benzene rings is 2. The van der Waals surface area contributed by atoms with Crippen molar-refractivity contribution in [2.75, 3.05) is 25.1 Å². The summed E-state index contributed by atoms with van der Waals surface area (Å²) in [5.74, 6) is -2.39. The lowest BCUT2D eigenvalue weighted by Gasteiger charge is -2.09. The van der Waals surface area contributed by atoms with Crippen LogP contribution in [0.1, 0.15) is 17.3 Å². The van der Waals surface area contributed by atoms with Gasteiger partial charge < -0.3 is 20.1 Å². The Morgan fingerprint density at radius 2 is 1.73 bits per heavy atom. The Morgan fingerprint density at radius 3 is 2.36 bits per heavy atom. The molecule has 0 aliphatic carbocycles. The van der Waals surface area contributed by atoms with Crippen LogP contribution in [0.25, 0.3) is 0 Å². The predicted octanol–water partition coefficient (Wildman–Crippen LogP) is 2.47. The molecule has 0 atom stereocenters. The number of ether oxygens (including phenoxy) is 2. The predicted molar refractivity (Wildman–Crippen MR) is 114 cm³/mol. The van der Waals surface area contributed by atoms with Crippen molar-refractivity contribution >= 4 is 46.4 Å². The van der Waals surface area contributed by atoms with Gasteiger partial charge in [0.1, 0.15) is 23.0 Å². The molecule has 2 rings (SSSR count). The monoisotopic (exact) mass is 480 g/mol. The Balaban J connectivity index is 1.88. The van der Waals surface area contributed by atoms with Gasteiger partial charge in [0.05, 0.1) is 22.5 Å². The molecule has 0 aliphatic rings. The number of hydrogen-bond donors (Lipinski definition) is 2. The van der Waals surface area contributed by atoms with Crippen LogP contribution in [0.4, 0.5) is 17.1 Å². The summed E-state index contributed by atoms with van der Waals surface area (Å²) >= 11 is 5.67. The lowest BCUT2D eigenvalue weighted by atomic mass is 10.2. The summed E-state index contributed by atoms with van der Waals surface area (Å²) in [6.07, 6.45) is 0. The summed E-state index contributed by atoms with van der Waals surface area (Å²) in [7, 11) is 0. The molecule has 0 fully saturated rings. The van der Waals surface area contributed by atoms with Crippen LogP contribution in [0.5, 0.6) is 5.75 Å². The minimum Gasteiger partial charge on any atom is -0.494 e. The highest BCUT2D eigenvalue weighted by molar-refractivity contribution is 6.32. The Labute approximate surface area is 190 Å². The van der Waals surface area contributed by atoms with Crippen molar-refractivity contribution in [1.29, 1.82) is 0 Å². The smallest absolute Gasteiger partial charge is 0.325 e. The van der Waals surface area contributed by atoms with Gasteiger partial charge >= 0.3 is 5.97 Å². The first kappa shape index (κ1) is 25.0. The van der Waals surface area contributed by atoms with Crippen molar-refractivity contribution in [3.8, 4) is 5.75 Å². The number of rotatable bonds is 10. The second-order valence-corrected chi connectivity index (χ2v) is 6.59. The molecular formula is C19H17ClN4O9. The van der Waals surface area contributed by atoms with E-state index in [4.69, 9.17) is 21.1 Å². The average Bonchev–Trinajstić information content (AvgIpc) is 2.77. The fraction of sp³-hybridized carbons (Fsp3) is 0.211. The van der Waals surface area contributed by atoms with Crippen LogP contribution >= 0.6 is 11.6 Å². The molecule has 2 aromatic rings. The zero-order valence-electron chi connectivity index (χ0n) is 17.0. The van der Waals surface area contributed by atoms with E-state index in [0.29, 0.717) is 6.61 Å². The molecule has 2 amide bonds. The number of carbonyl (C=O) groups is 3. The number of esters is 1. The van der Waals surface area contributed by atoms with E-state index in [-0.39, 0.29) is 22.0 Å². The van der Waals surface area contributed by atoms with Crippen LogP contribution in [0.15, 0.2) is 36.4 Å². The molecule has 0 spiro atoms. The molecule has 0 aromatic heterocycles. The van der Waals surface area contributed by atoms with Gasteiger partial charge in [0, 0.05) is 11.6 Å². The van der Waals surface area contributed by atoms with Crippen molar-refractivity contribution < 1.29 is 33.7 Å². The third-order valence-corrected chi connectivity index (χ3v) is 4.23. The fourth-order valence-corrected chi connectivity index (χ4v) is 2.64. The SMILES string of the molecule is CCOc1ccc(NC(=O)COC(=O)CNC(=O)c2ccc(Cl)c([N+](=O)[O-])c2)c([N+](=O)[O-])c1. The Hall–Kier alpha value is -4.26. The van der Waals surface area contributed by atoms with E-state index >= 15 is 0 Å². The van der Waals surface area contributed by atoms with Crippen molar-refractivity contribution in [2.45, 2.75) is 6.92 Å². The van der Waals surface area contributed by atoms with Gasteiger partial charge in [-0.15, -0.1) is 0 Å². The van der Waals surface area contributed by atoms with E-state index in [2.05, 4.69) is 10.6 Å². The molecule has 0 bridgehead atoms. The number of nitro benzene ring substituents is 2. The molecule has 0 saturated carbocycles. The highest BCUT2D eigenvalue weighted by Crippen LogP contribution is 2.29. The standard InChI is InChI=1S/C19H17ClN4O9/c1-2-32-12-4-6-14(16(8-12)24(30)31)22-17(25)10-33-18(26)9-21-19(27)11-3-5-13(20)15(7-11)23(28)29/h3-8H,2,9-10H2,1H3,(H,21,27)(H,22,25). The van der Waals surface area contributed by atoms with E-state index in [1.165, 1.54) is 18.2 Å². The number of amides is 2. The molecule has 0 saturated heterocycles. The molecule has 0 heterocycles. The number of carbonyl (C=O) groups excluding carboxylic acids is 3. The first-order chi connectivity index (χ1) is 15.6. The van der Waals surface area contributed by atoms with E-state index in [0.717, 1.165) is 18.2 Å². The molecule has 0 aliphatic heterocycles. The largest absolute Gasteiger partial charge is 0.494 e. The van der Waals surface area contributed by atoms with Gasteiger partial charge in [-0.2, -0.15) is 0 Å². The summed E-state index contributed by atoms with van der Waals surface area (Å²) in [4.78, 5) is 56.4. The topological polar surface area (TPSA) is 180 Å². The number of hydrogen-bond acceptors (Lipinski definition) is 9. The van der Waals surface area contributed by atoms with E-state index < -0.39 is 52.2 Å². The third kappa shape index (κ3) is 7.14. The fourth-order valence-electron chi connectivity index (χ4n) is 2.46. The number of nitrogens with one attached hydrogen (secondary N) is 2. The summed E-state index contributed by atoms with van der Waals surface area (Å²) in [5.41, 5.74) is -1.13. The minimum absolute atomic E-state index is 0.112. The molecule has 0 radical (unpaired) electrons. The van der Waals surface area contributed by atoms with Crippen molar-refractivity contribution in [3.05, 3.63) is 67.2 Å². The lowest BCUT2D eigenvalue weighted by molar-refractivity contribution is -0.384. The first-order valence-electron chi connectivity index (χ1n) is 9.21. The quantitative estimate of drug-likeness (QED) is 0.293. The zero-order chi connectivity index (χ0) is 24.5. The molecule has 2 N–H and O–H groups in total. The van der Waals surface area contributed by atoms with E-state index in [1.807, 2.05) is 0 Å². The highest BCUT2D eigenvalue weighted by Gasteiger charge is 2.19. The van der Waals surface area contributed by atoms with Crippen LogP contribution < -0.4 is 15.4 Å². The molecule has 2 aromatic carbocycles. The van der Waals surface area contributed by atoms with Crippen molar-refractivity contribution in [3.63, 3.8) is 0 Å². The maximum Gasteiger partial charge on any atom is 0.325 e. The van der Waals surface area contributed by atoms with Crippen LogP contribution in [0.2, 0.25) is 5.02 Å². The van der Waals surface area contributed by atoms with Gasteiger partial charge in [0.15, 0.2) is 6.61 Å². The number of nitrogens with zero attached hydrogens (tertiary/aromatic N) is 2. The van der Waals surface area contributed by atoms with Crippen LogP contribution in [0, 0.1) is 20.2 Å². The number of anilines is 1. The maximum absolute atomic E-state index is 12.1. The Kier molecular flexibility index (Phi) is 8.63. The molecular weight excluding hydrogens is 464 g/mol. The van der Waals surface area contributed by atoms with Gasteiger partial charge in [0.2, 0.25) is 0 Å². The van der Waals surface area contributed by atoms with Crippen molar-refractivity contribution in [1.82, 2.24) is 5.32 Å². The van der Waals surface area contributed by atoms with Crippen molar-refractivity contribution in [2.24, 2.45) is 0 Å². The normalized spacial score (nSPS) is 10.1.